The monoisotopic (exact) mass is 227 g/mol. The van der Waals surface area contributed by atoms with E-state index in [2.05, 4.69) is 5.32 Å². The summed E-state index contributed by atoms with van der Waals surface area (Å²) in [5.41, 5.74) is 0. The summed E-state index contributed by atoms with van der Waals surface area (Å²) in [4.78, 5) is 21.6. The lowest BCUT2D eigenvalue weighted by Crippen LogP contribution is -2.30. The van der Waals surface area contributed by atoms with E-state index in [4.69, 9.17) is 14.3 Å². The molecule has 2 N–H and O–H groups in total. The number of hydrogen-bond donors (Lipinski definition) is 2. The van der Waals surface area contributed by atoms with Gasteiger partial charge in [0.2, 0.25) is 5.91 Å². The number of rotatable bonds is 6. The van der Waals surface area contributed by atoms with Crippen molar-refractivity contribution in [1.82, 2.24) is 5.32 Å². The van der Waals surface area contributed by atoms with Crippen molar-refractivity contribution in [2.75, 3.05) is 6.61 Å². The highest BCUT2D eigenvalue weighted by Gasteiger charge is 2.12. The zero-order valence-electron chi connectivity index (χ0n) is 8.80. The highest BCUT2D eigenvalue weighted by atomic mass is 16.5. The van der Waals surface area contributed by atoms with Crippen molar-refractivity contribution < 1.29 is 23.8 Å². The topological polar surface area (TPSA) is 88.8 Å². The maximum Gasteiger partial charge on any atom is 0.332 e. The molecular weight excluding hydrogens is 214 g/mol. The number of amides is 1. The number of carboxylic acid groups (broad SMARTS) is 1. The molecule has 0 radical (unpaired) electrons. The summed E-state index contributed by atoms with van der Waals surface area (Å²) in [6, 6.07) is 3.44. The summed E-state index contributed by atoms with van der Waals surface area (Å²) in [6.45, 7) is 1.34. The van der Waals surface area contributed by atoms with E-state index in [1.54, 1.807) is 12.1 Å². The van der Waals surface area contributed by atoms with Gasteiger partial charge in [-0.25, -0.2) is 4.79 Å². The first-order chi connectivity index (χ1) is 7.59. The number of ether oxygens (including phenoxy) is 1. The smallest absolute Gasteiger partial charge is 0.332 e. The third kappa shape index (κ3) is 4.14. The maximum absolute atomic E-state index is 11.2. The first kappa shape index (κ1) is 12.3. The van der Waals surface area contributed by atoms with Crippen LogP contribution in [0.1, 0.15) is 12.7 Å². The van der Waals surface area contributed by atoms with Crippen molar-refractivity contribution in [2.45, 2.75) is 19.6 Å². The summed E-state index contributed by atoms with van der Waals surface area (Å²) in [7, 11) is 0. The SMILES string of the molecule is C[C@@H](OCC(=O)NCc1ccco1)C(=O)O. The van der Waals surface area contributed by atoms with Crippen molar-refractivity contribution in [2.24, 2.45) is 0 Å². The fourth-order valence-electron chi connectivity index (χ4n) is 0.922. The molecule has 16 heavy (non-hydrogen) atoms. The van der Waals surface area contributed by atoms with Gasteiger partial charge < -0.3 is 19.6 Å². The molecule has 0 saturated heterocycles. The normalized spacial score (nSPS) is 12.1. The summed E-state index contributed by atoms with van der Waals surface area (Å²) < 4.78 is 9.79. The van der Waals surface area contributed by atoms with Crippen LogP contribution in [0.5, 0.6) is 0 Å². The molecule has 0 aromatic carbocycles. The molecule has 0 fully saturated rings. The second kappa shape index (κ2) is 5.92. The van der Waals surface area contributed by atoms with E-state index in [-0.39, 0.29) is 19.1 Å². The fourth-order valence-corrected chi connectivity index (χ4v) is 0.922. The number of aliphatic carboxylic acids is 1. The first-order valence-corrected chi connectivity index (χ1v) is 4.73. The summed E-state index contributed by atoms with van der Waals surface area (Å²) in [6.07, 6.45) is 0.513. The van der Waals surface area contributed by atoms with Crippen LogP contribution in [0.3, 0.4) is 0 Å². The Morgan fingerprint density at radius 1 is 1.62 bits per heavy atom. The summed E-state index contributed by atoms with van der Waals surface area (Å²) >= 11 is 0. The molecular formula is C10H13NO5. The highest BCUT2D eigenvalue weighted by molar-refractivity contribution is 5.78. The van der Waals surface area contributed by atoms with Gasteiger partial charge in [-0.1, -0.05) is 0 Å². The molecule has 6 heteroatoms. The van der Waals surface area contributed by atoms with Gasteiger partial charge in [0.1, 0.15) is 12.4 Å². The Labute approximate surface area is 92.2 Å². The number of carbonyl (C=O) groups excluding carboxylic acids is 1. The van der Waals surface area contributed by atoms with E-state index < -0.39 is 12.1 Å². The van der Waals surface area contributed by atoms with Crippen molar-refractivity contribution in [3.63, 3.8) is 0 Å². The van der Waals surface area contributed by atoms with Crippen LogP contribution in [0.25, 0.3) is 0 Å². The first-order valence-electron chi connectivity index (χ1n) is 4.73. The third-order valence-electron chi connectivity index (χ3n) is 1.85. The van der Waals surface area contributed by atoms with Crippen LogP contribution in [-0.2, 0) is 20.9 Å². The summed E-state index contributed by atoms with van der Waals surface area (Å²) in [5, 5.41) is 11.0. The Kier molecular flexibility index (Phi) is 4.53. The minimum atomic E-state index is -1.10. The Bertz CT molecular complexity index is 346. The van der Waals surface area contributed by atoms with Gasteiger partial charge in [-0.05, 0) is 19.1 Å². The molecule has 6 nitrogen and oxygen atoms in total. The van der Waals surface area contributed by atoms with Crippen LogP contribution >= 0.6 is 0 Å². The van der Waals surface area contributed by atoms with Crippen molar-refractivity contribution >= 4 is 11.9 Å². The number of furan rings is 1. The minimum Gasteiger partial charge on any atom is -0.479 e. The Morgan fingerprint density at radius 2 is 2.38 bits per heavy atom. The van der Waals surface area contributed by atoms with Crippen LogP contribution in [0.4, 0.5) is 0 Å². The van der Waals surface area contributed by atoms with E-state index in [1.165, 1.54) is 13.2 Å². The molecule has 1 aromatic heterocycles. The molecule has 0 spiro atoms. The van der Waals surface area contributed by atoms with Gasteiger partial charge in [0, 0.05) is 0 Å². The van der Waals surface area contributed by atoms with Crippen LogP contribution < -0.4 is 5.32 Å². The number of nitrogens with one attached hydrogen (secondary N) is 1. The molecule has 1 rings (SSSR count). The minimum absolute atomic E-state index is 0.261. The zero-order chi connectivity index (χ0) is 12.0. The van der Waals surface area contributed by atoms with E-state index in [1.807, 2.05) is 0 Å². The average Bonchev–Trinajstić information content (AvgIpc) is 2.75. The standard InChI is InChI=1S/C10H13NO5/c1-7(10(13)14)16-6-9(12)11-5-8-3-2-4-15-8/h2-4,7H,5-6H2,1H3,(H,11,12)(H,13,14)/t7-/m1/s1. The maximum atomic E-state index is 11.2. The van der Waals surface area contributed by atoms with E-state index in [9.17, 15) is 9.59 Å². The van der Waals surface area contributed by atoms with Gasteiger partial charge in [-0.2, -0.15) is 0 Å². The molecule has 1 atom stereocenters. The van der Waals surface area contributed by atoms with Crippen molar-refractivity contribution in [3.8, 4) is 0 Å². The van der Waals surface area contributed by atoms with Gasteiger partial charge in [0.15, 0.2) is 6.10 Å². The predicted octanol–water partition coefficient (Wildman–Crippen LogP) is 0.385. The van der Waals surface area contributed by atoms with Crippen molar-refractivity contribution in [3.05, 3.63) is 24.2 Å². The molecule has 0 bridgehead atoms. The lowest BCUT2D eigenvalue weighted by Gasteiger charge is -2.08. The van der Waals surface area contributed by atoms with E-state index in [0.29, 0.717) is 5.76 Å². The Morgan fingerprint density at radius 3 is 2.94 bits per heavy atom. The highest BCUT2D eigenvalue weighted by Crippen LogP contribution is 1.98. The van der Waals surface area contributed by atoms with Crippen molar-refractivity contribution in [1.29, 1.82) is 0 Å². The molecule has 0 aliphatic carbocycles. The lowest BCUT2D eigenvalue weighted by atomic mass is 10.4. The van der Waals surface area contributed by atoms with Gasteiger partial charge in [0.05, 0.1) is 12.8 Å². The Balaban J connectivity index is 2.19. The van der Waals surface area contributed by atoms with Gasteiger partial charge >= 0.3 is 5.97 Å². The second-order valence-electron chi connectivity index (χ2n) is 3.15. The number of hydrogen-bond acceptors (Lipinski definition) is 4. The second-order valence-corrected chi connectivity index (χ2v) is 3.15. The summed E-state index contributed by atoms with van der Waals surface area (Å²) in [5.74, 6) is -0.858. The predicted molar refractivity (Wildman–Crippen MR) is 53.6 cm³/mol. The number of carboxylic acids is 1. The largest absolute Gasteiger partial charge is 0.479 e. The molecule has 1 amide bonds. The Hall–Kier alpha value is -1.82. The third-order valence-corrected chi connectivity index (χ3v) is 1.85. The molecule has 0 unspecified atom stereocenters. The van der Waals surface area contributed by atoms with Crippen LogP contribution in [-0.4, -0.2) is 29.7 Å². The van der Waals surface area contributed by atoms with Gasteiger partial charge in [-0.3, -0.25) is 4.79 Å². The fraction of sp³-hybridized carbons (Fsp3) is 0.400. The zero-order valence-corrected chi connectivity index (χ0v) is 8.80. The van der Waals surface area contributed by atoms with Crippen LogP contribution in [0.15, 0.2) is 22.8 Å². The molecule has 0 aliphatic rings. The van der Waals surface area contributed by atoms with Crippen LogP contribution in [0, 0.1) is 0 Å². The van der Waals surface area contributed by atoms with E-state index in [0.717, 1.165) is 0 Å². The molecule has 0 saturated carbocycles. The molecule has 1 heterocycles. The molecule has 1 aromatic rings. The quantitative estimate of drug-likeness (QED) is 0.733. The molecule has 88 valence electrons. The van der Waals surface area contributed by atoms with Gasteiger partial charge in [-0.15, -0.1) is 0 Å². The van der Waals surface area contributed by atoms with Gasteiger partial charge in [0.25, 0.3) is 0 Å². The van der Waals surface area contributed by atoms with Crippen LogP contribution in [0.2, 0.25) is 0 Å². The van der Waals surface area contributed by atoms with E-state index >= 15 is 0 Å². The molecule has 0 aliphatic heterocycles. The average molecular weight is 227 g/mol. The lowest BCUT2D eigenvalue weighted by molar-refractivity contribution is -0.150. The number of carbonyl (C=O) groups is 2.